The summed E-state index contributed by atoms with van der Waals surface area (Å²) in [6.07, 6.45) is 0. The number of nitrogens with zero attached hydrogens (tertiary/aromatic N) is 1. The molecule has 116 valence electrons. The topological polar surface area (TPSA) is 55.1 Å². The molecule has 4 heteroatoms. The fourth-order valence-corrected chi connectivity index (χ4v) is 3.72. The third-order valence-electron chi connectivity index (χ3n) is 4.77. The van der Waals surface area contributed by atoms with Crippen molar-refractivity contribution in [1.82, 2.24) is 5.16 Å². The van der Waals surface area contributed by atoms with Crippen LogP contribution in [-0.2, 0) is 0 Å². The Labute approximate surface area is 138 Å². The van der Waals surface area contributed by atoms with E-state index in [2.05, 4.69) is 22.6 Å². The van der Waals surface area contributed by atoms with Gasteiger partial charge in [0.05, 0.1) is 17.3 Å². The fourth-order valence-electron chi connectivity index (χ4n) is 3.72. The second-order valence-electron chi connectivity index (χ2n) is 6.12. The van der Waals surface area contributed by atoms with E-state index in [1.54, 1.807) is 0 Å². The summed E-state index contributed by atoms with van der Waals surface area (Å²) in [5, 5.41) is 7.49. The third-order valence-corrected chi connectivity index (χ3v) is 4.77. The smallest absolute Gasteiger partial charge is 0.233 e. The molecule has 1 unspecified atom stereocenters. The lowest BCUT2D eigenvalue weighted by molar-refractivity contribution is 0.105. The van der Waals surface area contributed by atoms with Gasteiger partial charge >= 0.3 is 0 Å². The molecule has 5 rings (SSSR count). The van der Waals surface area contributed by atoms with Gasteiger partial charge in [-0.25, -0.2) is 0 Å². The van der Waals surface area contributed by atoms with Crippen molar-refractivity contribution in [3.8, 4) is 0 Å². The molecule has 1 aliphatic heterocycles. The third kappa shape index (κ3) is 1.62. The van der Waals surface area contributed by atoms with Gasteiger partial charge in [0.25, 0.3) is 0 Å². The number of hydrogen-bond donors (Lipinski definition) is 1. The first kappa shape index (κ1) is 13.3. The number of Topliss-reactive ketones (excluding diaryl/α,β-unsaturated/α-hetero) is 1. The van der Waals surface area contributed by atoms with Crippen LogP contribution in [0.5, 0.6) is 0 Å². The molecule has 1 atom stereocenters. The van der Waals surface area contributed by atoms with Crippen LogP contribution in [0.15, 0.2) is 59.1 Å². The quantitative estimate of drug-likeness (QED) is 0.729. The zero-order valence-corrected chi connectivity index (χ0v) is 13.0. The molecule has 0 radical (unpaired) electrons. The van der Waals surface area contributed by atoms with Crippen molar-refractivity contribution in [2.75, 3.05) is 5.32 Å². The number of ketones is 1. The van der Waals surface area contributed by atoms with Crippen molar-refractivity contribution in [2.45, 2.75) is 13.0 Å². The molecule has 1 aliphatic carbocycles. The van der Waals surface area contributed by atoms with Crippen LogP contribution >= 0.6 is 0 Å². The first-order chi connectivity index (χ1) is 11.8. The maximum absolute atomic E-state index is 13.1. The standard InChI is InChI=1S/C20H14N2O2/c1-11-15-17-16(13-9-5-6-10-14(13)19(17)23)18(21-20(15)24-22-11)12-7-3-2-4-8-12/h2-10,18,21H,1H3. The SMILES string of the molecule is Cc1noc2c1C1=C(c3ccccc3C1=O)C(c1ccccc1)N2. The van der Waals surface area contributed by atoms with Gasteiger partial charge in [0.1, 0.15) is 0 Å². The number of allylic oxidation sites excluding steroid dienone is 1. The predicted molar refractivity (Wildman–Crippen MR) is 91.6 cm³/mol. The molecule has 4 nitrogen and oxygen atoms in total. The summed E-state index contributed by atoms with van der Waals surface area (Å²) in [5.41, 5.74) is 6.09. The van der Waals surface area contributed by atoms with E-state index < -0.39 is 0 Å². The molecule has 0 saturated heterocycles. The van der Waals surface area contributed by atoms with Gasteiger partial charge in [-0.05, 0) is 23.6 Å². The Hall–Kier alpha value is -3.14. The monoisotopic (exact) mass is 314 g/mol. The average Bonchev–Trinajstić information content (AvgIpc) is 3.14. The molecule has 2 heterocycles. The Morgan fingerprint density at radius 1 is 1.00 bits per heavy atom. The van der Waals surface area contributed by atoms with E-state index in [4.69, 9.17) is 4.52 Å². The Bertz CT molecular complexity index is 1020. The van der Waals surface area contributed by atoms with Gasteiger partial charge in [0.15, 0.2) is 5.78 Å². The highest BCUT2D eigenvalue weighted by Crippen LogP contribution is 2.51. The van der Waals surface area contributed by atoms with Crippen LogP contribution in [0.1, 0.15) is 38.8 Å². The molecule has 0 fully saturated rings. The van der Waals surface area contributed by atoms with E-state index >= 15 is 0 Å². The van der Waals surface area contributed by atoms with Crippen molar-refractivity contribution < 1.29 is 9.32 Å². The molecule has 3 aromatic rings. The normalized spacial score (nSPS) is 18.0. The molecule has 0 spiro atoms. The van der Waals surface area contributed by atoms with Crippen LogP contribution in [0.25, 0.3) is 11.1 Å². The second kappa shape index (κ2) is 4.68. The predicted octanol–water partition coefficient (Wildman–Crippen LogP) is 4.26. The van der Waals surface area contributed by atoms with E-state index in [1.807, 2.05) is 49.4 Å². The lowest BCUT2D eigenvalue weighted by Crippen LogP contribution is -2.18. The Morgan fingerprint density at radius 3 is 2.50 bits per heavy atom. The molecule has 2 aliphatic rings. The summed E-state index contributed by atoms with van der Waals surface area (Å²) in [7, 11) is 0. The van der Waals surface area contributed by atoms with E-state index in [-0.39, 0.29) is 11.8 Å². The van der Waals surface area contributed by atoms with Crippen LogP contribution < -0.4 is 5.32 Å². The number of aromatic nitrogens is 1. The number of fused-ring (bicyclic) bond motifs is 4. The average molecular weight is 314 g/mol. The minimum Gasteiger partial charge on any atom is -0.343 e. The molecule has 24 heavy (non-hydrogen) atoms. The Balaban J connectivity index is 1.83. The Kier molecular flexibility index (Phi) is 2.59. The highest BCUT2D eigenvalue weighted by atomic mass is 16.5. The van der Waals surface area contributed by atoms with Crippen LogP contribution in [0.4, 0.5) is 5.88 Å². The maximum Gasteiger partial charge on any atom is 0.233 e. The van der Waals surface area contributed by atoms with Gasteiger partial charge < -0.3 is 9.84 Å². The lowest BCUT2D eigenvalue weighted by Gasteiger charge is -2.26. The van der Waals surface area contributed by atoms with Gasteiger partial charge in [-0.15, -0.1) is 0 Å². The van der Waals surface area contributed by atoms with Gasteiger partial charge in [0.2, 0.25) is 5.88 Å². The minimum absolute atomic E-state index is 0.0515. The lowest BCUT2D eigenvalue weighted by atomic mass is 9.87. The van der Waals surface area contributed by atoms with Crippen LogP contribution in [-0.4, -0.2) is 10.9 Å². The molecule has 1 aromatic heterocycles. The number of hydrogen-bond acceptors (Lipinski definition) is 4. The molecule has 0 amide bonds. The van der Waals surface area contributed by atoms with Crippen molar-refractivity contribution in [1.29, 1.82) is 0 Å². The zero-order valence-electron chi connectivity index (χ0n) is 13.0. The van der Waals surface area contributed by atoms with Gasteiger partial charge in [-0.2, -0.15) is 0 Å². The number of nitrogens with one attached hydrogen (secondary N) is 1. The molecule has 0 bridgehead atoms. The molecular weight excluding hydrogens is 300 g/mol. The van der Waals surface area contributed by atoms with Gasteiger partial charge in [-0.1, -0.05) is 59.8 Å². The first-order valence-corrected chi connectivity index (χ1v) is 7.92. The molecule has 1 N–H and O–H groups in total. The van der Waals surface area contributed by atoms with Crippen LogP contribution in [0.2, 0.25) is 0 Å². The van der Waals surface area contributed by atoms with Crippen LogP contribution in [0, 0.1) is 6.92 Å². The highest BCUT2D eigenvalue weighted by Gasteiger charge is 2.41. The van der Waals surface area contributed by atoms with Crippen molar-refractivity contribution in [3.05, 3.63) is 82.5 Å². The summed E-state index contributed by atoms with van der Waals surface area (Å²) < 4.78 is 5.45. The van der Waals surface area contributed by atoms with Gasteiger partial charge in [0, 0.05) is 11.1 Å². The Morgan fingerprint density at radius 2 is 1.71 bits per heavy atom. The maximum atomic E-state index is 13.1. The van der Waals surface area contributed by atoms with E-state index in [0.717, 1.165) is 39.1 Å². The number of anilines is 1. The first-order valence-electron chi connectivity index (χ1n) is 7.92. The summed E-state index contributed by atoms with van der Waals surface area (Å²) in [6, 6.07) is 17.8. The minimum atomic E-state index is -0.131. The molecule has 2 aromatic carbocycles. The van der Waals surface area contributed by atoms with Crippen molar-refractivity contribution in [2.24, 2.45) is 0 Å². The van der Waals surface area contributed by atoms with Gasteiger partial charge in [-0.3, -0.25) is 4.79 Å². The van der Waals surface area contributed by atoms with E-state index in [9.17, 15) is 4.79 Å². The number of carbonyl (C=O) groups is 1. The van der Waals surface area contributed by atoms with E-state index in [0.29, 0.717) is 5.88 Å². The summed E-state index contributed by atoms with van der Waals surface area (Å²) >= 11 is 0. The van der Waals surface area contributed by atoms with E-state index in [1.165, 1.54) is 0 Å². The zero-order chi connectivity index (χ0) is 16.3. The number of aryl methyl sites for hydroxylation is 1. The summed E-state index contributed by atoms with van der Waals surface area (Å²) in [6.45, 7) is 1.87. The summed E-state index contributed by atoms with van der Waals surface area (Å²) in [4.78, 5) is 13.1. The largest absolute Gasteiger partial charge is 0.343 e. The van der Waals surface area contributed by atoms with Crippen molar-refractivity contribution in [3.63, 3.8) is 0 Å². The molecular formula is C20H14N2O2. The summed E-state index contributed by atoms with van der Waals surface area (Å²) in [5.74, 6) is 0.622. The fraction of sp³-hybridized carbons (Fsp3) is 0.100. The molecule has 0 saturated carbocycles. The number of rotatable bonds is 1. The van der Waals surface area contributed by atoms with Crippen molar-refractivity contribution >= 4 is 22.8 Å². The highest BCUT2D eigenvalue weighted by molar-refractivity contribution is 6.41. The van der Waals surface area contributed by atoms with Crippen LogP contribution in [0.3, 0.4) is 0 Å². The number of carbonyl (C=O) groups excluding carboxylic acids is 1. The number of benzene rings is 2. The second-order valence-corrected chi connectivity index (χ2v) is 6.12.